The van der Waals surface area contributed by atoms with E-state index in [-0.39, 0.29) is 10.8 Å². The van der Waals surface area contributed by atoms with Gasteiger partial charge in [-0.15, -0.1) is 0 Å². The Balaban J connectivity index is 1.45. The standard InChI is InChI=1S/C40H30/c1-39(2)32-20-18-24-12-6-8-14-26(24)36(32)30-21-34-31(22-33(30)39)37-28-16-10-9-15-27(28)35-25-13-7-5-11-23(25)17-19-29(35)38(37)40(34,3)4/h5-22H,1-4H3. The second kappa shape index (κ2) is 7.20. The maximum Gasteiger partial charge on any atom is 0.0165 e. The highest BCUT2D eigenvalue weighted by molar-refractivity contribution is 6.26. The van der Waals surface area contributed by atoms with Gasteiger partial charge in [-0.05, 0) is 99.7 Å². The van der Waals surface area contributed by atoms with Gasteiger partial charge in [0.2, 0.25) is 0 Å². The molecule has 0 nitrogen and oxygen atoms in total. The first-order valence-electron chi connectivity index (χ1n) is 14.5. The van der Waals surface area contributed by atoms with E-state index in [1.807, 2.05) is 0 Å². The lowest BCUT2D eigenvalue weighted by atomic mass is 9.77. The topological polar surface area (TPSA) is 0 Å². The van der Waals surface area contributed by atoms with Gasteiger partial charge >= 0.3 is 0 Å². The van der Waals surface area contributed by atoms with Crippen LogP contribution in [0.2, 0.25) is 0 Å². The summed E-state index contributed by atoms with van der Waals surface area (Å²) in [5, 5.41) is 10.8. The third kappa shape index (κ3) is 2.53. The Labute approximate surface area is 234 Å². The van der Waals surface area contributed by atoms with E-state index >= 15 is 0 Å². The third-order valence-electron chi connectivity index (χ3n) is 10.2. The van der Waals surface area contributed by atoms with E-state index < -0.39 is 0 Å². The molecular weight excluding hydrogens is 480 g/mol. The first-order chi connectivity index (χ1) is 19.4. The van der Waals surface area contributed by atoms with Crippen LogP contribution in [0, 0.1) is 0 Å². The van der Waals surface area contributed by atoms with E-state index in [4.69, 9.17) is 0 Å². The van der Waals surface area contributed by atoms with Gasteiger partial charge in [0.1, 0.15) is 0 Å². The fraction of sp³-hybridized carbons (Fsp3) is 0.150. The lowest BCUT2D eigenvalue weighted by Gasteiger charge is -2.25. The van der Waals surface area contributed by atoms with Crippen molar-refractivity contribution < 1.29 is 0 Å². The van der Waals surface area contributed by atoms with Gasteiger partial charge < -0.3 is 0 Å². The summed E-state index contributed by atoms with van der Waals surface area (Å²) in [6.45, 7) is 9.70. The van der Waals surface area contributed by atoms with Crippen LogP contribution >= 0.6 is 0 Å². The molecule has 0 heterocycles. The van der Waals surface area contributed by atoms with Crippen LogP contribution in [0.5, 0.6) is 0 Å². The van der Waals surface area contributed by atoms with E-state index in [1.54, 1.807) is 0 Å². The highest BCUT2D eigenvalue weighted by Crippen LogP contribution is 2.60. The molecule has 0 saturated carbocycles. The quantitative estimate of drug-likeness (QED) is 0.178. The molecule has 0 heteroatoms. The van der Waals surface area contributed by atoms with E-state index in [2.05, 4.69) is 137 Å². The predicted molar refractivity (Wildman–Crippen MR) is 172 cm³/mol. The van der Waals surface area contributed by atoms with Crippen LogP contribution in [-0.2, 0) is 10.8 Å². The lowest BCUT2D eigenvalue weighted by molar-refractivity contribution is 0.654. The molecule has 0 aliphatic heterocycles. The van der Waals surface area contributed by atoms with Crippen LogP contribution in [0.15, 0.2) is 109 Å². The van der Waals surface area contributed by atoms with Crippen molar-refractivity contribution in [2.75, 3.05) is 0 Å². The van der Waals surface area contributed by atoms with Gasteiger partial charge in [0.15, 0.2) is 0 Å². The Bertz CT molecular complexity index is 2260. The summed E-state index contributed by atoms with van der Waals surface area (Å²) in [6.07, 6.45) is 0. The van der Waals surface area contributed by atoms with Gasteiger partial charge in [-0.2, -0.15) is 0 Å². The number of hydrogen-bond acceptors (Lipinski definition) is 0. The molecule has 40 heavy (non-hydrogen) atoms. The molecule has 0 spiro atoms. The summed E-state index contributed by atoms with van der Waals surface area (Å²) in [7, 11) is 0. The molecule has 0 amide bonds. The minimum atomic E-state index is -0.123. The Kier molecular flexibility index (Phi) is 4.03. The smallest absolute Gasteiger partial charge is 0.0165 e. The van der Waals surface area contributed by atoms with Crippen molar-refractivity contribution in [2.24, 2.45) is 0 Å². The van der Waals surface area contributed by atoms with Crippen LogP contribution in [0.4, 0.5) is 0 Å². The highest BCUT2D eigenvalue weighted by atomic mass is 14.5. The fourth-order valence-electron chi connectivity index (χ4n) is 8.30. The molecule has 0 fully saturated rings. The molecule has 2 aliphatic carbocycles. The summed E-state index contributed by atoms with van der Waals surface area (Å²) in [4.78, 5) is 0. The zero-order chi connectivity index (χ0) is 27.0. The SMILES string of the molecule is CC1(C)c2cc3c(cc2-c2c1ccc1ccccc21)C(C)(C)c1c-3c2ccccc2c2c1ccc1ccccc12. The average Bonchev–Trinajstić information content (AvgIpc) is 3.35. The average molecular weight is 511 g/mol. The molecule has 190 valence electrons. The van der Waals surface area contributed by atoms with Crippen molar-refractivity contribution in [2.45, 2.75) is 38.5 Å². The Morgan fingerprint density at radius 3 is 1.70 bits per heavy atom. The second-order valence-electron chi connectivity index (χ2n) is 12.9. The van der Waals surface area contributed by atoms with Crippen molar-refractivity contribution in [1.29, 1.82) is 0 Å². The maximum atomic E-state index is 2.56. The number of hydrogen-bond donors (Lipinski definition) is 0. The third-order valence-corrected chi connectivity index (χ3v) is 10.2. The molecule has 0 saturated heterocycles. The zero-order valence-electron chi connectivity index (χ0n) is 23.4. The Morgan fingerprint density at radius 1 is 0.400 bits per heavy atom. The first-order valence-corrected chi connectivity index (χ1v) is 14.5. The van der Waals surface area contributed by atoms with Crippen molar-refractivity contribution in [1.82, 2.24) is 0 Å². The highest BCUT2D eigenvalue weighted by Gasteiger charge is 2.43. The molecule has 0 N–H and O–H groups in total. The molecule has 0 radical (unpaired) electrons. The monoisotopic (exact) mass is 510 g/mol. The summed E-state index contributed by atoms with van der Waals surface area (Å²) in [5.74, 6) is 0. The van der Waals surface area contributed by atoms with Crippen molar-refractivity contribution in [3.05, 3.63) is 131 Å². The zero-order valence-corrected chi connectivity index (χ0v) is 23.4. The molecule has 9 rings (SSSR count). The summed E-state index contributed by atoms with van der Waals surface area (Å²) in [6, 6.07) is 41.3. The lowest BCUT2D eigenvalue weighted by Crippen LogP contribution is -2.17. The largest absolute Gasteiger partial charge is 0.0616 e. The summed E-state index contributed by atoms with van der Waals surface area (Å²) < 4.78 is 0. The van der Waals surface area contributed by atoms with Crippen molar-refractivity contribution in [3.8, 4) is 22.3 Å². The molecule has 0 aromatic heterocycles. The van der Waals surface area contributed by atoms with Gasteiger partial charge in [-0.25, -0.2) is 0 Å². The van der Waals surface area contributed by atoms with Crippen LogP contribution in [0.25, 0.3) is 65.3 Å². The van der Waals surface area contributed by atoms with E-state index in [0.29, 0.717) is 0 Å². The van der Waals surface area contributed by atoms with Crippen LogP contribution in [-0.4, -0.2) is 0 Å². The van der Waals surface area contributed by atoms with Crippen molar-refractivity contribution in [3.63, 3.8) is 0 Å². The number of benzene rings is 7. The fourth-order valence-corrected chi connectivity index (χ4v) is 8.30. The van der Waals surface area contributed by atoms with Gasteiger partial charge in [0.05, 0.1) is 0 Å². The summed E-state index contributed by atoms with van der Waals surface area (Å²) >= 11 is 0. The molecule has 7 aromatic rings. The molecule has 0 atom stereocenters. The molecule has 0 unspecified atom stereocenters. The molecular formula is C40H30. The van der Waals surface area contributed by atoms with Gasteiger partial charge in [-0.1, -0.05) is 125 Å². The van der Waals surface area contributed by atoms with E-state index in [0.717, 1.165) is 0 Å². The molecule has 0 bridgehead atoms. The molecule has 2 aliphatic rings. The van der Waals surface area contributed by atoms with Crippen molar-refractivity contribution >= 4 is 43.1 Å². The van der Waals surface area contributed by atoms with Gasteiger partial charge in [-0.3, -0.25) is 0 Å². The van der Waals surface area contributed by atoms with E-state index in [1.165, 1.54) is 87.6 Å². The van der Waals surface area contributed by atoms with Crippen LogP contribution < -0.4 is 0 Å². The minimum Gasteiger partial charge on any atom is -0.0616 e. The van der Waals surface area contributed by atoms with Gasteiger partial charge in [0, 0.05) is 10.8 Å². The maximum absolute atomic E-state index is 2.56. The van der Waals surface area contributed by atoms with Crippen LogP contribution in [0.3, 0.4) is 0 Å². The van der Waals surface area contributed by atoms with Crippen LogP contribution in [0.1, 0.15) is 49.9 Å². The minimum absolute atomic E-state index is 0.0561. The second-order valence-corrected chi connectivity index (χ2v) is 12.9. The Hall–Kier alpha value is -4.42. The summed E-state index contributed by atoms with van der Waals surface area (Å²) in [5.41, 5.74) is 11.3. The van der Waals surface area contributed by atoms with E-state index in [9.17, 15) is 0 Å². The number of rotatable bonds is 0. The first kappa shape index (κ1) is 22.4. The normalized spacial score (nSPS) is 15.9. The Morgan fingerprint density at radius 2 is 0.950 bits per heavy atom. The van der Waals surface area contributed by atoms with Gasteiger partial charge in [0.25, 0.3) is 0 Å². The molecule has 7 aromatic carbocycles. The predicted octanol–water partition coefficient (Wildman–Crippen LogP) is 10.9. The number of fused-ring (bicyclic) bond motifs is 15.